The normalized spacial score (nSPS) is 13.4. The lowest BCUT2D eigenvalue weighted by Crippen LogP contribution is -2.17. The number of rotatable bonds is 5. The lowest BCUT2D eigenvalue weighted by Gasteiger charge is -2.11. The van der Waals surface area contributed by atoms with Gasteiger partial charge in [-0.2, -0.15) is 0 Å². The molecule has 8 heteroatoms. The van der Waals surface area contributed by atoms with Gasteiger partial charge in [0.25, 0.3) is 5.91 Å². The molecular weight excluding hydrogens is 407 g/mol. The van der Waals surface area contributed by atoms with E-state index in [1.165, 1.54) is 24.5 Å². The van der Waals surface area contributed by atoms with Gasteiger partial charge in [-0.25, -0.2) is 0 Å². The maximum atomic E-state index is 12.4. The minimum atomic E-state index is -0.517. The van der Waals surface area contributed by atoms with Gasteiger partial charge in [-0.3, -0.25) is 9.59 Å². The maximum absolute atomic E-state index is 12.4. The van der Waals surface area contributed by atoms with Gasteiger partial charge in [0.15, 0.2) is 0 Å². The topological polar surface area (TPSA) is 81.4 Å². The molecule has 2 amide bonds. The molecule has 0 radical (unpaired) electrons. The number of nitrogens with two attached hydrogens (primary N) is 1. The van der Waals surface area contributed by atoms with Gasteiger partial charge in [0, 0.05) is 21.5 Å². The molecule has 0 fully saturated rings. The van der Waals surface area contributed by atoms with Crippen molar-refractivity contribution in [1.29, 1.82) is 0 Å². The number of hydrogen-bond acceptors (Lipinski definition) is 4. The van der Waals surface area contributed by atoms with Crippen LogP contribution < -0.4 is 15.8 Å². The summed E-state index contributed by atoms with van der Waals surface area (Å²) in [6, 6.07) is 3.21. The van der Waals surface area contributed by atoms with E-state index >= 15 is 0 Å². The summed E-state index contributed by atoms with van der Waals surface area (Å²) in [6.45, 7) is 0. The Morgan fingerprint density at radius 2 is 2.00 bits per heavy atom. The third-order valence-corrected chi connectivity index (χ3v) is 6.02. The van der Waals surface area contributed by atoms with Crippen LogP contribution in [0.3, 0.4) is 0 Å². The van der Waals surface area contributed by atoms with Gasteiger partial charge in [0.1, 0.15) is 10.8 Å². The minimum absolute atomic E-state index is 0.354. The smallest absolute Gasteiger partial charge is 0.251 e. The predicted octanol–water partition coefficient (Wildman–Crippen LogP) is 4.69. The Labute approximate surface area is 171 Å². The molecule has 1 heterocycles. The summed E-state index contributed by atoms with van der Waals surface area (Å²) in [5.41, 5.74) is 7.53. The first-order valence-corrected chi connectivity index (χ1v) is 9.94. The summed E-state index contributed by atoms with van der Waals surface area (Å²) < 4.78 is 5.25. The summed E-state index contributed by atoms with van der Waals surface area (Å²) in [6.07, 6.45) is 6.72. The summed E-state index contributed by atoms with van der Waals surface area (Å²) in [5, 5.41) is 4.06. The number of hydrogen-bond donors (Lipinski definition) is 2. The second kappa shape index (κ2) is 8.33. The molecule has 0 unspecified atom stereocenters. The van der Waals surface area contributed by atoms with E-state index in [0.29, 0.717) is 31.9 Å². The first kappa shape index (κ1) is 19.7. The predicted molar refractivity (Wildman–Crippen MR) is 110 cm³/mol. The highest BCUT2D eigenvalue weighted by Gasteiger charge is 2.24. The molecule has 3 rings (SSSR count). The number of halogens is 2. The fourth-order valence-electron chi connectivity index (χ4n) is 3.15. The second-order valence-electron chi connectivity index (χ2n) is 6.11. The monoisotopic (exact) mass is 424 g/mol. The lowest BCUT2D eigenvalue weighted by molar-refractivity contribution is -0.111. The Kier molecular flexibility index (Phi) is 6.09. The fraction of sp³-hybridized carbons (Fsp3) is 0.263. The number of fused-ring (bicyclic) bond motifs is 1. The number of nitrogens with one attached hydrogen (secondary N) is 1. The zero-order valence-corrected chi connectivity index (χ0v) is 16.9. The van der Waals surface area contributed by atoms with Gasteiger partial charge < -0.3 is 15.8 Å². The Bertz CT molecular complexity index is 938. The fourth-order valence-corrected chi connectivity index (χ4v) is 5.04. The van der Waals surface area contributed by atoms with E-state index in [1.807, 2.05) is 0 Å². The Morgan fingerprint density at radius 1 is 1.26 bits per heavy atom. The van der Waals surface area contributed by atoms with Crippen molar-refractivity contribution in [2.24, 2.45) is 5.73 Å². The average molecular weight is 425 g/mol. The molecule has 0 aliphatic heterocycles. The van der Waals surface area contributed by atoms with Crippen molar-refractivity contribution in [3.63, 3.8) is 0 Å². The van der Waals surface area contributed by atoms with E-state index in [4.69, 9.17) is 33.7 Å². The number of primary amides is 1. The van der Waals surface area contributed by atoms with E-state index in [2.05, 4.69) is 5.32 Å². The van der Waals surface area contributed by atoms with Crippen LogP contribution in [0, 0.1) is 0 Å². The van der Waals surface area contributed by atoms with Crippen LogP contribution in [0.5, 0.6) is 5.75 Å². The number of benzene rings is 1. The number of methoxy groups -OCH3 is 1. The molecule has 0 atom stereocenters. The van der Waals surface area contributed by atoms with Crippen molar-refractivity contribution in [2.45, 2.75) is 25.7 Å². The van der Waals surface area contributed by atoms with Crippen molar-refractivity contribution in [1.82, 2.24) is 0 Å². The number of carbonyl (C=O) groups excluding carboxylic acids is 2. The van der Waals surface area contributed by atoms with Crippen LogP contribution >= 0.6 is 34.5 Å². The standard InChI is InChI=1S/C19H18Cl2N2O3S/c1-26-17-10(8-11(20)9-13(17)21)6-7-15(24)23-19-16(18(22)25)12-4-2-3-5-14(12)27-19/h6-9H,2-5H2,1H3,(H2,22,25)(H,23,24). The summed E-state index contributed by atoms with van der Waals surface area (Å²) in [4.78, 5) is 25.4. The molecule has 1 aliphatic rings. The van der Waals surface area contributed by atoms with Crippen molar-refractivity contribution in [2.75, 3.05) is 12.4 Å². The number of aryl methyl sites for hydroxylation is 1. The van der Waals surface area contributed by atoms with Crippen LogP contribution in [0.25, 0.3) is 6.08 Å². The zero-order chi connectivity index (χ0) is 19.6. The molecule has 0 saturated heterocycles. The van der Waals surface area contributed by atoms with Crippen molar-refractivity contribution >= 4 is 57.4 Å². The first-order valence-electron chi connectivity index (χ1n) is 8.37. The van der Waals surface area contributed by atoms with E-state index in [1.54, 1.807) is 18.2 Å². The molecule has 1 aromatic heterocycles. The van der Waals surface area contributed by atoms with Gasteiger partial charge in [0.2, 0.25) is 5.91 Å². The third kappa shape index (κ3) is 4.29. The molecule has 0 bridgehead atoms. The number of ether oxygens (including phenoxy) is 1. The summed E-state index contributed by atoms with van der Waals surface area (Å²) in [5.74, 6) is -0.472. The van der Waals surface area contributed by atoms with Crippen LogP contribution in [0.15, 0.2) is 18.2 Å². The Balaban J connectivity index is 1.84. The van der Waals surface area contributed by atoms with Crippen LogP contribution in [0.4, 0.5) is 5.00 Å². The van der Waals surface area contributed by atoms with Crippen LogP contribution in [-0.2, 0) is 17.6 Å². The van der Waals surface area contributed by atoms with Gasteiger partial charge in [-0.05, 0) is 49.5 Å². The van der Waals surface area contributed by atoms with Gasteiger partial charge in [-0.1, -0.05) is 23.2 Å². The molecule has 1 aliphatic carbocycles. The highest BCUT2D eigenvalue weighted by molar-refractivity contribution is 7.17. The molecule has 5 nitrogen and oxygen atoms in total. The molecule has 2 aromatic rings. The van der Waals surface area contributed by atoms with Crippen LogP contribution in [0.1, 0.15) is 39.2 Å². The van der Waals surface area contributed by atoms with Crippen molar-refractivity contribution in [3.05, 3.63) is 49.8 Å². The van der Waals surface area contributed by atoms with Gasteiger partial charge in [0.05, 0.1) is 17.7 Å². The van der Waals surface area contributed by atoms with Gasteiger partial charge >= 0.3 is 0 Å². The third-order valence-electron chi connectivity index (χ3n) is 4.31. The Hall–Kier alpha value is -2.02. The SMILES string of the molecule is COc1c(Cl)cc(Cl)cc1C=CC(=O)Nc1sc2c(c1C(N)=O)CCCC2. The molecular formula is C19H18Cl2N2O3S. The van der Waals surface area contributed by atoms with E-state index in [-0.39, 0.29) is 5.91 Å². The number of carbonyl (C=O) groups is 2. The van der Waals surface area contributed by atoms with E-state index < -0.39 is 5.91 Å². The summed E-state index contributed by atoms with van der Waals surface area (Å²) >= 11 is 13.5. The molecule has 1 aromatic carbocycles. The maximum Gasteiger partial charge on any atom is 0.251 e. The van der Waals surface area contributed by atoms with E-state index in [9.17, 15) is 9.59 Å². The Morgan fingerprint density at radius 3 is 2.70 bits per heavy atom. The first-order chi connectivity index (χ1) is 12.9. The second-order valence-corrected chi connectivity index (χ2v) is 8.06. The molecule has 0 saturated carbocycles. The number of amides is 2. The van der Waals surface area contributed by atoms with Crippen LogP contribution in [0.2, 0.25) is 10.0 Å². The highest BCUT2D eigenvalue weighted by Crippen LogP contribution is 2.38. The van der Waals surface area contributed by atoms with Crippen molar-refractivity contribution < 1.29 is 14.3 Å². The number of anilines is 1. The zero-order valence-electron chi connectivity index (χ0n) is 14.6. The summed E-state index contributed by atoms with van der Waals surface area (Å²) in [7, 11) is 1.49. The lowest BCUT2D eigenvalue weighted by atomic mass is 9.95. The number of thiophene rings is 1. The van der Waals surface area contributed by atoms with E-state index in [0.717, 1.165) is 36.1 Å². The largest absolute Gasteiger partial charge is 0.495 e. The molecule has 27 heavy (non-hydrogen) atoms. The quantitative estimate of drug-likeness (QED) is 0.682. The van der Waals surface area contributed by atoms with Gasteiger partial charge in [-0.15, -0.1) is 11.3 Å². The molecule has 3 N–H and O–H groups in total. The molecule has 0 spiro atoms. The minimum Gasteiger partial charge on any atom is -0.495 e. The molecule has 142 valence electrons. The van der Waals surface area contributed by atoms with Crippen LogP contribution in [-0.4, -0.2) is 18.9 Å². The average Bonchev–Trinajstić information content (AvgIpc) is 2.97. The highest BCUT2D eigenvalue weighted by atomic mass is 35.5. The van der Waals surface area contributed by atoms with Crippen molar-refractivity contribution in [3.8, 4) is 5.75 Å².